The highest BCUT2D eigenvalue weighted by Crippen LogP contribution is 2.38. The Labute approximate surface area is 148 Å². The van der Waals surface area contributed by atoms with Crippen LogP contribution in [-0.2, 0) is 14.4 Å². The van der Waals surface area contributed by atoms with Crippen molar-refractivity contribution in [3.8, 4) is 5.75 Å². The second-order valence-corrected chi connectivity index (χ2v) is 7.20. The molecule has 2 fully saturated rings. The number of likely N-dealkylation sites (tertiary alicyclic amines) is 1. The topological polar surface area (TPSA) is 63.7 Å². The lowest BCUT2D eigenvalue weighted by Crippen LogP contribution is -2.33. The van der Waals surface area contributed by atoms with Crippen LogP contribution in [0.25, 0.3) is 0 Å². The Hall–Kier alpha value is -2.17. The number of ether oxygens (including phenoxy) is 1. The third-order valence-corrected chi connectivity index (χ3v) is 5.56. The number of carbonyl (C=O) groups excluding carboxylic acids is 3. The number of fused-ring (bicyclic) bond motifs is 1. The van der Waals surface area contributed by atoms with E-state index in [0.29, 0.717) is 5.75 Å². The van der Waals surface area contributed by atoms with Gasteiger partial charge in [0, 0.05) is 6.54 Å². The fraction of sp³-hybridized carbons (Fsp3) is 0.550. The van der Waals surface area contributed by atoms with Crippen molar-refractivity contribution in [2.75, 3.05) is 6.54 Å². The monoisotopic (exact) mass is 343 g/mol. The van der Waals surface area contributed by atoms with E-state index in [0.717, 1.165) is 42.4 Å². The summed E-state index contributed by atoms with van der Waals surface area (Å²) in [5, 5.41) is 0. The Morgan fingerprint density at radius 2 is 1.60 bits per heavy atom. The van der Waals surface area contributed by atoms with Gasteiger partial charge in [-0.1, -0.05) is 25.0 Å². The van der Waals surface area contributed by atoms with Crippen molar-refractivity contribution in [1.29, 1.82) is 0 Å². The number of aryl methyl sites for hydroxylation is 2. The average Bonchev–Trinajstić information content (AvgIpc) is 2.85. The smallest absolute Gasteiger partial charge is 0.313 e. The highest BCUT2D eigenvalue weighted by atomic mass is 16.5. The molecule has 0 bridgehead atoms. The van der Waals surface area contributed by atoms with Crippen molar-refractivity contribution in [3.05, 3.63) is 28.8 Å². The number of nitrogens with zero attached hydrogens (tertiary/aromatic N) is 1. The molecule has 2 amide bonds. The van der Waals surface area contributed by atoms with Crippen LogP contribution in [-0.4, -0.2) is 29.2 Å². The van der Waals surface area contributed by atoms with Gasteiger partial charge in [-0.2, -0.15) is 0 Å². The van der Waals surface area contributed by atoms with Gasteiger partial charge in [0.05, 0.1) is 18.3 Å². The zero-order chi connectivity index (χ0) is 18.1. The third-order valence-electron chi connectivity index (χ3n) is 5.56. The van der Waals surface area contributed by atoms with Gasteiger partial charge >= 0.3 is 5.97 Å². The summed E-state index contributed by atoms with van der Waals surface area (Å²) in [6, 6.07) is 3.91. The second-order valence-electron chi connectivity index (χ2n) is 7.20. The van der Waals surface area contributed by atoms with Crippen molar-refractivity contribution < 1.29 is 19.1 Å². The van der Waals surface area contributed by atoms with Crippen molar-refractivity contribution in [1.82, 2.24) is 4.90 Å². The van der Waals surface area contributed by atoms with E-state index in [-0.39, 0.29) is 36.6 Å². The van der Waals surface area contributed by atoms with Crippen LogP contribution < -0.4 is 4.74 Å². The van der Waals surface area contributed by atoms with Gasteiger partial charge in [0.15, 0.2) is 0 Å². The molecule has 2 atom stereocenters. The SMILES string of the molecule is Cc1ccc(C)c(OC(=O)CCN2C(=O)C3CCCCC3C2=O)c1C. The molecule has 5 heteroatoms. The molecular weight excluding hydrogens is 318 g/mol. The second kappa shape index (κ2) is 6.98. The van der Waals surface area contributed by atoms with E-state index < -0.39 is 5.97 Å². The van der Waals surface area contributed by atoms with Gasteiger partial charge < -0.3 is 4.74 Å². The third kappa shape index (κ3) is 3.32. The van der Waals surface area contributed by atoms with Gasteiger partial charge in [-0.05, 0) is 50.3 Å². The molecule has 1 aliphatic carbocycles. The Morgan fingerprint density at radius 1 is 1.04 bits per heavy atom. The maximum atomic E-state index is 12.4. The highest BCUT2D eigenvalue weighted by Gasteiger charge is 2.47. The van der Waals surface area contributed by atoms with Crippen LogP contribution in [0.1, 0.15) is 48.8 Å². The Kier molecular flexibility index (Phi) is 4.93. The predicted molar refractivity (Wildman–Crippen MR) is 93.1 cm³/mol. The molecular formula is C20H25NO4. The standard InChI is InChI=1S/C20H25NO4/c1-12-8-9-13(2)18(14(12)3)25-17(22)10-11-21-19(23)15-6-4-5-7-16(15)20(21)24/h8-9,15-16H,4-7,10-11H2,1-3H3. The van der Waals surface area contributed by atoms with Crippen LogP contribution in [0, 0.1) is 32.6 Å². The first kappa shape index (κ1) is 17.6. The minimum absolute atomic E-state index is 0.0315. The first-order chi connectivity index (χ1) is 11.9. The van der Waals surface area contributed by atoms with Crippen LogP contribution >= 0.6 is 0 Å². The number of hydrogen-bond acceptors (Lipinski definition) is 4. The molecule has 0 aromatic heterocycles. The Morgan fingerprint density at radius 3 is 2.20 bits per heavy atom. The average molecular weight is 343 g/mol. The molecule has 25 heavy (non-hydrogen) atoms. The van der Waals surface area contributed by atoms with E-state index in [1.807, 2.05) is 32.9 Å². The van der Waals surface area contributed by atoms with E-state index in [2.05, 4.69) is 0 Å². The van der Waals surface area contributed by atoms with Crippen LogP contribution in [0.15, 0.2) is 12.1 Å². The number of benzene rings is 1. The minimum atomic E-state index is -0.410. The molecule has 0 spiro atoms. The Bertz CT molecular complexity index is 701. The number of esters is 1. The van der Waals surface area contributed by atoms with Crippen LogP contribution in [0.4, 0.5) is 0 Å². The van der Waals surface area contributed by atoms with E-state index >= 15 is 0 Å². The van der Waals surface area contributed by atoms with E-state index in [4.69, 9.17) is 4.74 Å². The van der Waals surface area contributed by atoms with Gasteiger partial charge in [0.2, 0.25) is 11.8 Å². The summed E-state index contributed by atoms with van der Waals surface area (Å²) in [6.07, 6.45) is 3.61. The van der Waals surface area contributed by atoms with Crippen molar-refractivity contribution in [2.24, 2.45) is 11.8 Å². The first-order valence-electron chi connectivity index (χ1n) is 9.03. The largest absolute Gasteiger partial charge is 0.426 e. The summed E-state index contributed by atoms with van der Waals surface area (Å²) < 4.78 is 5.52. The molecule has 1 saturated heterocycles. The lowest BCUT2D eigenvalue weighted by atomic mass is 9.81. The van der Waals surface area contributed by atoms with Crippen molar-refractivity contribution >= 4 is 17.8 Å². The number of carbonyl (C=O) groups is 3. The molecule has 1 aromatic rings. The maximum absolute atomic E-state index is 12.4. The maximum Gasteiger partial charge on any atom is 0.313 e. The Balaban J connectivity index is 1.62. The fourth-order valence-corrected chi connectivity index (χ4v) is 3.90. The van der Waals surface area contributed by atoms with Gasteiger partial charge in [0.1, 0.15) is 5.75 Å². The van der Waals surface area contributed by atoms with Gasteiger partial charge in [-0.15, -0.1) is 0 Å². The summed E-state index contributed by atoms with van der Waals surface area (Å²) in [6.45, 7) is 5.90. The van der Waals surface area contributed by atoms with Crippen molar-refractivity contribution in [2.45, 2.75) is 52.9 Å². The molecule has 2 aliphatic rings. The lowest BCUT2D eigenvalue weighted by molar-refractivity contribution is -0.141. The summed E-state index contributed by atoms with van der Waals surface area (Å²) in [5.41, 5.74) is 2.89. The molecule has 1 saturated carbocycles. The summed E-state index contributed by atoms with van der Waals surface area (Å²) in [5.74, 6) is -0.377. The minimum Gasteiger partial charge on any atom is -0.426 e. The molecule has 134 valence electrons. The first-order valence-corrected chi connectivity index (χ1v) is 9.03. The number of rotatable bonds is 4. The summed E-state index contributed by atoms with van der Waals surface area (Å²) in [4.78, 5) is 38.4. The molecule has 1 aromatic carbocycles. The van der Waals surface area contributed by atoms with Gasteiger partial charge in [-0.3, -0.25) is 19.3 Å². The van der Waals surface area contributed by atoms with E-state index in [9.17, 15) is 14.4 Å². The van der Waals surface area contributed by atoms with Gasteiger partial charge in [0.25, 0.3) is 0 Å². The molecule has 3 rings (SSSR count). The molecule has 5 nitrogen and oxygen atoms in total. The summed E-state index contributed by atoms with van der Waals surface area (Å²) in [7, 11) is 0. The number of imide groups is 1. The highest BCUT2D eigenvalue weighted by molar-refractivity contribution is 6.05. The van der Waals surface area contributed by atoms with Gasteiger partial charge in [-0.25, -0.2) is 0 Å². The quantitative estimate of drug-likeness (QED) is 0.479. The molecule has 2 unspecified atom stereocenters. The zero-order valence-electron chi connectivity index (χ0n) is 15.1. The van der Waals surface area contributed by atoms with Crippen LogP contribution in [0.3, 0.4) is 0 Å². The number of hydrogen-bond donors (Lipinski definition) is 0. The molecule has 0 radical (unpaired) electrons. The predicted octanol–water partition coefficient (Wildman–Crippen LogP) is 3.08. The molecule has 0 N–H and O–H groups in total. The molecule has 1 heterocycles. The van der Waals surface area contributed by atoms with Crippen LogP contribution in [0.5, 0.6) is 5.75 Å². The van der Waals surface area contributed by atoms with E-state index in [1.165, 1.54) is 4.90 Å². The number of amides is 2. The lowest BCUT2D eigenvalue weighted by Gasteiger charge is -2.19. The van der Waals surface area contributed by atoms with Crippen molar-refractivity contribution in [3.63, 3.8) is 0 Å². The normalized spacial score (nSPS) is 22.9. The summed E-state index contributed by atoms with van der Waals surface area (Å²) >= 11 is 0. The van der Waals surface area contributed by atoms with Crippen LogP contribution in [0.2, 0.25) is 0 Å². The zero-order valence-corrected chi connectivity index (χ0v) is 15.1. The van der Waals surface area contributed by atoms with E-state index in [1.54, 1.807) is 0 Å². The fourth-order valence-electron chi connectivity index (χ4n) is 3.90. The molecule has 1 aliphatic heterocycles.